The van der Waals surface area contributed by atoms with E-state index in [4.69, 9.17) is 4.74 Å². The van der Waals surface area contributed by atoms with Crippen LogP contribution in [0, 0.1) is 20.8 Å². The summed E-state index contributed by atoms with van der Waals surface area (Å²) >= 11 is 3.52. The van der Waals surface area contributed by atoms with Gasteiger partial charge in [-0.15, -0.1) is 0 Å². The third-order valence-corrected chi connectivity index (χ3v) is 4.21. The van der Waals surface area contributed by atoms with Crippen LogP contribution in [0.1, 0.15) is 27.2 Å². The molecule has 4 nitrogen and oxygen atoms in total. The van der Waals surface area contributed by atoms with Gasteiger partial charge >= 0.3 is 0 Å². The van der Waals surface area contributed by atoms with E-state index in [-0.39, 0.29) is 0 Å². The first-order valence-electron chi connectivity index (χ1n) is 5.87. The second-order valence-corrected chi connectivity index (χ2v) is 5.31. The van der Waals surface area contributed by atoms with Crippen LogP contribution >= 0.6 is 15.9 Å². The molecule has 0 saturated carbocycles. The van der Waals surface area contributed by atoms with Gasteiger partial charge in [-0.1, -0.05) is 15.9 Å². The van der Waals surface area contributed by atoms with E-state index in [9.17, 15) is 4.79 Å². The van der Waals surface area contributed by atoms with Crippen LogP contribution in [-0.2, 0) is 7.05 Å². The summed E-state index contributed by atoms with van der Waals surface area (Å²) in [4.78, 5) is 11.1. The third kappa shape index (κ3) is 2.56. The van der Waals surface area contributed by atoms with Gasteiger partial charge in [0, 0.05) is 11.5 Å². The summed E-state index contributed by atoms with van der Waals surface area (Å²) in [5.74, 6) is 1.16. The molecule has 0 fully saturated rings. The summed E-state index contributed by atoms with van der Waals surface area (Å²) in [7, 11) is 1.76. The molecule has 0 aliphatic rings. The average molecular weight is 323 g/mol. The SMILES string of the molecule is Cc1cc(Oc2c(C=O)c(C)nn2C)cc(C)c1Br. The number of ether oxygens (including phenoxy) is 1. The van der Waals surface area contributed by atoms with Gasteiger partial charge < -0.3 is 4.74 Å². The molecule has 0 spiro atoms. The van der Waals surface area contributed by atoms with Crippen LogP contribution in [0.4, 0.5) is 0 Å². The average Bonchev–Trinajstić information content (AvgIpc) is 2.60. The number of rotatable bonds is 3. The molecule has 1 aromatic heterocycles. The summed E-state index contributed by atoms with van der Waals surface area (Å²) in [6.07, 6.45) is 0.774. The van der Waals surface area contributed by atoms with E-state index < -0.39 is 0 Å². The Morgan fingerprint density at radius 2 is 1.84 bits per heavy atom. The van der Waals surface area contributed by atoms with E-state index in [1.54, 1.807) is 18.7 Å². The highest BCUT2D eigenvalue weighted by atomic mass is 79.9. The Kier molecular flexibility index (Phi) is 3.75. The Bertz CT molecular complexity index is 624. The van der Waals surface area contributed by atoms with Gasteiger partial charge in [0.1, 0.15) is 5.75 Å². The molecule has 0 N–H and O–H groups in total. The molecule has 0 saturated heterocycles. The van der Waals surface area contributed by atoms with Crippen molar-refractivity contribution in [1.29, 1.82) is 0 Å². The normalized spacial score (nSPS) is 10.6. The first kappa shape index (κ1) is 13.8. The van der Waals surface area contributed by atoms with Crippen LogP contribution in [0.3, 0.4) is 0 Å². The van der Waals surface area contributed by atoms with Gasteiger partial charge in [-0.2, -0.15) is 5.10 Å². The van der Waals surface area contributed by atoms with Gasteiger partial charge in [-0.05, 0) is 44.0 Å². The maximum atomic E-state index is 11.1. The molecule has 1 aromatic carbocycles. The van der Waals surface area contributed by atoms with E-state index in [1.807, 2.05) is 26.0 Å². The standard InChI is InChI=1S/C14H15BrN2O2/c1-8-5-11(6-9(2)13(8)15)19-14-12(7-18)10(3)16-17(14)4/h5-7H,1-4H3. The quantitative estimate of drug-likeness (QED) is 0.809. The molecule has 0 atom stereocenters. The van der Waals surface area contributed by atoms with Crippen LogP contribution in [0.25, 0.3) is 0 Å². The zero-order valence-corrected chi connectivity index (χ0v) is 12.9. The number of carbonyl (C=O) groups excluding carboxylic acids is 1. The lowest BCUT2D eigenvalue weighted by molar-refractivity contribution is 0.112. The van der Waals surface area contributed by atoms with Crippen LogP contribution in [0.2, 0.25) is 0 Å². The predicted molar refractivity (Wildman–Crippen MR) is 77.0 cm³/mol. The summed E-state index contributed by atoms with van der Waals surface area (Å²) in [5, 5.41) is 4.19. The third-order valence-electron chi connectivity index (χ3n) is 2.96. The topological polar surface area (TPSA) is 44.1 Å². The largest absolute Gasteiger partial charge is 0.439 e. The molecule has 0 radical (unpaired) electrons. The number of benzene rings is 1. The fraction of sp³-hybridized carbons (Fsp3) is 0.286. The van der Waals surface area contributed by atoms with Gasteiger partial charge in [0.05, 0.1) is 11.3 Å². The first-order chi connectivity index (χ1) is 8.93. The van der Waals surface area contributed by atoms with E-state index in [1.165, 1.54) is 0 Å². The number of aryl methyl sites for hydroxylation is 4. The van der Waals surface area contributed by atoms with E-state index in [0.717, 1.165) is 21.9 Å². The van der Waals surface area contributed by atoms with Crippen molar-refractivity contribution in [2.45, 2.75) is 20.8 Å². The Labute approximate surface area is 120 Å². The molecule has 100 valence electrons. The Morgan fingerprint density at radius 3 is 2.37 bits per heavy atom. The Balaban J connectivity index is 2.44. The van der Waals surface area contributed by atoms with Crippen LogP contribution in [0.15, 0.2) is 16.6 Å². The van der Waals surface area contributed by atoms with Crippen molar-refractivity contribution in [3.63, 3.8) is 0 Å². The molecule has 2 aromatic rings. The van der Waals surface area contributed by atoms with Crippen molar-refractivity contribution in [3.8, 4) is 11.6 Å². The van der Waals surface area contributed by atoms with Crippen molar-refractivity contribution in [3.05, 3.63) is 39.0 Å². The number of aromatic nitrogens is 2. The van der Waals surface area contributed by atoms with E-state index in [0.29, 0.717) is 22.9 Å². The molecule has 0 aliphatic heterocycles. The van der Waals surface area contributed by atoms with Crippen LogP contribution < -0.4 is 4.74 Å². The maximum Gasteiger partial charge on any atom is 0.228 e. The molecular weight excluding hydrogens is 308 g/mol. The fourth-order valence-corrected chi connectivity index (χ4v) is 2.22. The molecule has 0 aliphatic carbocycles. The first-order valence-corrected chi connectivity index (χ1v) is 6.66. The van der Waals surface area contributed by atoms with Gasteiger partial charge in [-0.25, -0.2) is 4.68 Å². The molecule has 1 heterocycles. The zero-order valence-electron chi connectivity index (χ0n) is 11.3. The fourth-order valence-electron chi connectivity index (χ4n) is 1.99. The highest BCUT2D eigenvalue weighted by molar-refractivity contribution is 9.10. The predicted octanol–water partition coefficient (Wildman–Crippen LogP) is 3.71. The Hall–Kier alpha value is -1.62. The monoisotopic (exact) mass is 322 g/mol. The van der Waals surface area contributed by atoms with Gasteiger partial charge in [-0.3, -0.25) is 4.79 Å². The van der Waals surface area contributed by atoms with Crippen molar-refractivity contribution in [2.75, 3.05) is 0 Å². The van der Waals surface area contributed by atoms with Gasteiger partial charge in [0.25, 0.3) is 0 Å². The minimum atomic E-state index is 0.466. The van der Waals surface area contributed by atoms with Crippen LogP contribution in [0.5, 0.6) is 11.6 Å². The lowest BCUT2D eigenvalue weighted by atomic mass is 10.1. The van der Waals surface area contributed by atoms with Gasteiger partial charge in [0.2, 0.25) is 5.88 Å². The number of aldehydes is 1. The molecule has 19 heavy (non-hydrogen) atoms. The smallest absolute Gasteiger partial charge is 0.228 e. The van der Waals surface area contributed by atoms with Gasteiger partial charge in [0.15, 0.2) is 6.29 Å². The Morgan fingerprint density at radius 1 is 1.26 bits per heavy atom. The van der Waals surface area contributed by atoms with Crippen LogP contribution in [-0.4, -0.2) is 16.1 Å². The number of carbonyl (C=O) groups is 1. The summed E-state index contributed by atoms with van der Waals surface area (Å²) < 4.78 is 8.46. The lowest BCUT2D eigenvalue weighted by Crippen LogP contribution is -1.97. The second kappa shape index (κ2) is 5.17. The highest BCUT2D eigenvalue weighted by Gasteiger charge is 2.15. The van der Waals surface area contributed by atoms with Crippen molar-refractivity contribution < 1.29 is 9.53 Å². The van der Waals surface area contributed by atoms with E-state index >= 15 is 0 Å². The molecule has 0 bridgehead atoms. The minimum Gasteiger partial charge on any atom is -0.439 e. The van der Waals surface area contributed by atoms with Crippen molar-refractivity contribution >= 4 is 22.2 Å². The second-order valence-electron chi connectivity index (χ2n) is 4.52. The zero-order chi connectivity index (χ0) is 14.2. The number of halogens is 1. The van der Waals surface area contributed by atoms with Crippen molar-refractivity contribution in [2.24, 2.45) is 7.05 Å². The van der Waals surface area contributed by atoms with Crippen molar-refractivity contribution in [1.82, 2.24) is 9.78 Å². The molecule has 0 amide bonds. The molecular formula is C14H15BrN2O2. The molecule has 5 heteroatoms. The number of nitrogens with zero attached hydrogens (tertiary/aromatic N) is 2. The highest BCUT2D eigenvalue weighted by Crippen LogP contribution is 2.31. The lowest BCUT2D eigenvalue weighted by Gasteiger charge is -2.10. The molecule has 0 unspecified atom stereocenters. The summed E-state index contributed by atoms with van der Waals surface area (Å²) in [6.45, 7) is 5.78. The molecule has 2 rings (SSSR count). The maximum absolute atomic E-state index is 11.1. The summed E-state index contributed by atoms with van der Waals surface area (Å²) in [6, 6.07) is 3.85. The minimum absolute atomic E-state index is 0.466. The number of hydrogen-bond acceptors (Lipinski definition) is 3. The summed E-state index contributed by atoms with van der Waals surface area (Å²) in [5.41, 5.74) is 3.32. The van der Waals surface area contributed by atoms with E-state index in [2.05, 4.69) is 21.0 Å². The number of hydrogen-bond donors (Lipinski definition) is 0.